The molecular weight excluding hydrogens is 467 g/mol. The number of anilines is 1. The maximum Gasteiger partial charge on any atom is 0.416 e. The molecule has 1 atom stereocenters. The fraction of sp³-hybridized carbons (Fsp3) is 0.286. The molecule has 3 aromatic carbocycles. The van der Waals surface area contributed by atoms with Crippen LogP contribution in [0.3, 0.4) is 0 Å². The maximum atomic E-state index is 13.1. The molecule has 188 valence electrons. The first-order valence-electron chi connectivity index (χ1n) is 11.7. The lowest BCUT2D eigenvalue weighted by atomic mass is 9.96. The van der Waals surface area contributed by atoms with Crippen molar-refractivity contribution in [3.63, 3.8) is 0 Å². The molecule has 0 fully saturated rings. The molecule has 1 aliphatic rings. The van der Waals surface area contributed by atoms with Crippen molar-refractivity contribution in [2.24, 2.45) is 0 Å². The highest BCUT2D eigenvalue weighted by Crippen LogP contribution is 2.32. The second-order valence-corrected chi connectivity index (χ2v) is 9.19. The van der Waals surface area contributed by atoms with Gasteiger partial charge in [0.2, 0.25) is 5.91 Å². The lowest BCUT2D eigenvalue weighted by Gasteiger charge is -2.34. The summed E-state index contributed by atoms with van der Waals surface area (Å²) < 4.78 is 38.8. The van der Waals surface area contributed by atoms with Crippen molar-refractivity contribution in [3.05, 3.63) is 89.0 Å². The third-order valence-electron chi connectivity index (χ3n) is 6.55. The molecule has 0 aliphatic carbocycles. The predicted octanol–water partition coefficient (Wildman–Crippen LogP) is 5.46. The Morgan fingerprint density at radius 2 is 1.67 bits per heavy atom. The summed E-state index contributed by atoms with van der Waals surface area (Å²) in [5.74, 6) is -0.276. The summed E-state index contributed by atoms with van der Waals surface area (Å²) in [7, 11) is 3.50. The minimum Gasteiger partial charge on any atom is -0.347 e. The molecule has 0 saturated heterocycles. The smallest absolute Gasteiger partial charge is 0.347 e. The van der Waals surface area contributed by atoms with E-state index in [0.29, 0.717) is 28.9 Å². The van der Waals surface area contributed by atoms with Gasteiger partial charge < -0.3 is 10.2 Å². The van der Waals surface area contributed by atoms with Gasteiger partial charge in [-0.1, -0.05) is 36.4 Å². The third kappa shape index (κ3) is 5.44. The van der Waals surface area contributed by atoms with E-state index >= 15 is 0 Å². The Bertz CT molecular complexity index is 1270. The van der Waals surface area contributed by atoms with E-state index in [1.807, 2.05) is 25.1 Å². The highest BCUT2D eigenvalue weighted by atomic mass is 19.4. The van der Waals surface area contributed by atoms with Crippen LogP contribution in [0, 0.1) is 0 Å². The summed E-state index contributed by atoms with van der Waals surface area (Å²) >= 11 is 0. The maximum absolute atomic E-state index is 13.1. The molecule has 0 aromatic heterocycles. The first-order chi connectivity index (χ1) is 17.0. The van der Waals surface area contributed by atoms with E-state index in [9.17, 15) is 22.8 Å². The number of nitrogens with zero attached hydrogens (tertiary/aromatic N) is 2. The van der Waals surface area contributed by atoms with Gasteiger partial charge in [0.15, 0.2) is 0 Å². The number of hydrogen-bond donors (Lipinski definition) is 1. The van der Waals surface area contributed by atoms with E-state index in [-0.39, 0.29) is 17.9 Å². The second-order valence-electron chi connectivity index (χ2n) is 9.19. The number of benzene rings is 3. The highest BCUT2D eigenvalue weighted by molar-refractivity contribution is 6.08. The van der Waals surface area contributed by atoms with Crippen molar-refractivity contribution < 1.29 is 22.8 Å². The molecule has 1 aliphatic heterocycles. The molecule has 2 amide bonds. The lowest BCUT2D eigenvalue weighted by Crippen LogP contribution is -2.46. The number of hydrogen-bond acceptors (Lipinski definition) is 3. The number of fused-ring (bicyclic) bond motifs is 1. The van der Waals surface area contributed by atoms with Crippen molar-refractivity contribution in [2.75, 3.05) is 26.0 Å². The summed E-state index contributed by atoms with van der Waals surface area (Å²) in [6.45, 7) is 3.30. The molecule has 4 rings (SSSR count). The van der Waals surface area contributed by atoms with Crippen LogP contribution < -0.4 is 5.32 Å². The first kappa shape index (κ1) is 25.4. The summed E-state index contributed by atoms with van der Waals surface area (Å²) in [5, 5.41) is 2.93. The first-order valence-corrected chi connectivity index (χ1v) is 11.7. The van der Waals surface area contributed by atoms with Crippen LogP contribution >= 0.6 is 0 Å². The van der Waals surface area contributed by atoms with Gasteiger partial charge in [-0.05, 0) is 65.9 Å². The van der Waals surface area contributed by atoms with Crippen LogP contribution in [0.2, 0.25) is 0 Å². The number of amides is 2. The topological polar surface area (TPSA) is 52.7 Å². The van der Waals surface area contributed by atoms with E-state index in [1.54, 1.807) is 43.3 Å². The number of carbonyl (C=O) groups excluding carboxylic acids is 2. The average Bonchev–Trinajstić information content (AvgIpc) is 2.87. The summed E-state index contributed by atoms with van der Waals surface area (Å²) in [5.41, 5.74) is 3.59. The van der Waals surface area contributed by atoms with E-state index in [4.69, 9.17) is 0 Å². The van der Waals surface area contributed by atoms with Crippen molar-refractivity contribution in [2.45, 2.75) is 32.1 Å². The molecule has 36 heavy (non-hydrogen) atoms. The zero-order chi connectivity index (χ0) is 26.0. The van der Waals surface area contributed by atoms with E-state index in [0.717, 1.165) is 36.2 Å². The molecule has 0 bridgehead atoms. The molecule has 5 nitrogen and oxygen atoms in total. The molecule has 1 N–H and O–H groups in total. The molecule has 8 heteroatoms. The number of nitrogens with one attached hydrogen (secondary N) is 1. The lowest BCUT2D eigenvalue weighted by molar-refractivity contribution is -0.137. The number of rotatable bonds is 5. The number of alkyl halides is 3. The van der Waals surface area contributed by atoms with Gasteiger partial charge in [0.25, 0.3) is 5.91 Å². The molecule has 0 saturated carbocycles. The third-order valence-corrected chi connectivity index (χ3v) is 6.55. The molecule has 1 unspecified atom stereocenters. The van der Waals surface area contributed by atoms with Gasteiger partial charge in [0, 0.05) is 38.4 Å². The van der Waals surface area contributed by atoms with Crippen LogP contribution in [-0.4, -0.2) is 48.3 Å². The fourth-order valence-electron chi connectivity index (χ4n) is 4.48. The Morgan fingerprint density at radius 3 is 2.33 bits per heavy atom. The van der Waals surface area contributed by atoms with Crippen LogP contribution in [0.5, 0.6) is 0 Å². The molecule has 1 heterocycles. The van der Waals surface area contributed by atoms with Gasteiger partial charge in [-0.25, -0.2) is 0 Å². The van der Waals surface area contributed by atoms with E-state index in [1.165, 1.54) is 12.1 Å². The normalized spacial score (nSPS) is 14.6. The van der Waals surface area contributed by atoms with Gasteiger partial charge in [0.1, 0.15) is 0 Å². The van der Waals surface area contributed by atoms with Crippen molar-refractivity contribution in [3.8, 4) is 11.1 Å². The van der Waals surface area contributed by atoms with E-state index < -0.39 is 11.7 Å². The van der Waals surface area contributed by atoms with Crippen LogP contribution in [0.15, 0.2) is 66.7 Å². The summed E-state index contributed by atoms with van der Waals surface area (Å²) in [4.78, 5) is 29.2. The van der Waals surface area contributed by atoms with E-state index in [2.05, 4.69) is 10.2 Å². The zero-order valence-electron chi connectivity index (χ0n) is 20.4. The Kier molecular flexibility index (Phi) is 7.17. The quantitative estimate of drug-likeness (QED) is 0.512. The highest BCUT2D eigenvalue weighted by Gasteiger charge is 2.30. The van der Waals surface area contributed by atoms with Gasteiger partial charge in [0.05, 0.1) is 11.6 Å². The zero-order valence-corrected chi connectivity index (χ0v) is 20.4. The number of halogens is 3. The second kappa shape index (κ2) is 10.1. The molecular formula is C28H28F3N3O2. The average molecular weight is 496 g/mol. The molecule has 0 spiro atoms. The minimum atomic E-state index is -4.42. The summed E-state index contributed by atoms with van der Waals surface area (Å²) in [6.07, 6.45) is -3.66. The predicted molar refractivity (Wildman–Crippen MR) is 134 cm³/mol. The number of carbonyl (C=O) groups is 2. The Balaban J connectivity index is 1.50. The van der Waals surface area contributed by atoms with Crippen LogP contribution in [0.1, 0.15) is 34.0 Å². The molecule has 3 aromatic rings. The van der Waals surface area contributed by atoms with Crippen molar-refractivity contribution in [1.29, 1.82) is 0 Å². The van der Waals surface area contributed by atoms with Gasteiger partial charge in [-0.2, -0.15) is 13.2 Å². The largest absolute Gasteiger partial charge is 0.416 e. The SMILES string of the molecule is CC(C(=O)N(C)C)N1CCc2cc(NC(=O)c3ccccc3-c3ccc(C(F)(F)F)cc3)ccc2C1. The van der Waals surface area contributed by atoms with Crippen molar-refractivity contribution >= 4 is 17.5 Å². The monoisotopic (exact) mass is 495 g/mol. The standard InChI is InChI=1S/C28H28F3N3O2/c1-18(27(36)33(2)3)34-15-14-20-16-23(13-10-21(20)17-34)32-26(35)25-7-5-4-6-24(25)19-8-11-22(12-9-19)28(29,30)31/h4-13,16,18H,14-15,17H2,1-3H3,(H,32,35). The number of likely N-dealkylation sites (N-methyl/N-ethyl adjacent to an activating group) is 1. The Morgan fingerprint density at radius 1 is 0.972 bits per heavy atom. The molecule has 0 radical (unpaired) electrons. The van der Waals surface area contributed by atoms with Gasteiger partial charge in [-0.3, -0.25) is 14.5 Å². The van der Waals surface area contributed by atoms with Gasteiger partial charge >= 0.3 is 6.18 Å². The van der Waals surface area contributed by atoms with Crippen LogP contribution in [-0.2, 0) is 23.9 Å². The van der Waals surface area contributed by atoms with Crippen LogP contribution in [0.4, 0.5) is 18.9 Å². The Hall–Kier alpha value is -3.65. The van der Waals surface area contributed by atoms with Crippen LogP contribution in [0.25, 0.3) is 11.1 Å². The van der Waals surface area contributed by atoms with Gasteiger partial charge in [-0.15, -0.1) is 0 Å². The Labute approximate surface area is 208 Å². The van der Waals surface area contributed by atoms with Crippen molar-refractivity contribution in [1.82, 2.24) is 9.80 Å². The fourth-order valence-corrected chi connectivity index (χ4v) is 4.48. The summed E-state index contributed by atoms with van der Waals surface area (Å²) in [6, 6.07) is 17.2. The minimum absolute atomic E-state index is 0.0639.